The first kappa shape index (κ1) is 19.3. The van der Waals surface area contributed by atoms with Gasteiger partial charge in [-0.3, -0.25) is 10.1 Å². The van der Waals surface area contributed by atoms with Crippen LogP contribution in [0.5, 0.6) is 0 Å². The van der Waals surface area contributed by atoms with Gasteiger partial charge >= 0.3 is 5.69 Å². The number of aromatic nitrogens is 2. The van der Waals surface area contributed by atoms with Crippen LogP contribution >= 0.6 is 11.6 Å². The number of hydrogen-bond donors (Lipinski definition) is 1. The smallest absolute Gasteiger partial charge is 0.351 e. The Labute approximate surface area is 163 Å². The van der Waals surface area contributed by atoms with Crippen molar-refractivity contribution in [3.05, 3.63) is 45.2 Å². The lowest BCUT2D eigenvalue weighted by atomic mass is 10.0. The maximum Gasteiger partial charge on any atom is 0.353 e. The lowest BCUT2D eigenvalue weighted by molar-refractivity contribution is -0.383. The van der Waals surface area contributed by atoms with Gasteiger partial charge in [-0.25, -0.2) is 9.97 Å². The molecule has 0 radical (unpaired) electrons. The first-order chi connectivity index (χ1) is 12.9. The zero-order chi connectivity index (χ0) is 19.6. The summed E-state index contributed by atoms with van der Waals surface area (Å²) in [7, 11) is 3.94. The Morgan fingerprint density at radius 1 is 1.33 bits per heavy atom. The Morgan fingerprint density at radius 3 is 2.67 bits per heavy atom. The molecule has 9 heteroatoms. The van der Waals surface area contributed by atoms with Crippen LogP contribution in [0, 0.1) is 17.0 Å². The zero-order valence-electron chi connectivity index (χ0n) is 15.6. The normalized spacial score (nSPS) is 15.6. The predicted octanol–water partition coefficient (Wildman–Crippen LogP) is 3.62. The highest BCUT2D eigenvalue weighted by molar-refractivity contribution is 6.31. The van der Waals surface area contributed by atoms with Gasteiger partial charge in [-0.05, 0) is 57.6 Å². The molecule has 144 valence electrons. The van der Waals surface area contributed by atoms with Crippen molar-refractivity contribution in [2.45, 2.75) is 25.8 Å². The summed E-state index contributed by atoms with van der Waals surface area (Å²) in [6, 6.07) is 5.59. The van der Waals surface area contributed by atoms with Crippen molar-refractivity contribution in [1.82, 2.24) is 14.9 Å². The fraction of sp³-hybridized carbons (Fsp3) is 0.444. The Kier molecular flexibility index (Phi) is 5.76. The van der Waals surface area contributed by atoms with Gasteiger partial charge in [0.05, 0.1) is 4.92 Å². The van der Waals surface area contributed by atoms with Gasteiger partial charge in [-0.2, -0.15) is 0 Å². The van der Waals surface area contributed by atoms with Crippen molar-refractivity contribution in [3.8, 4) is 0 Å². The molecular formula is C18H23ClN6O2. The molecule has 1 N–H and O–H groups in total. The number of nitrogens with zero attached hydrogens (tertiary/aromatic N) is 5. The molecule has 0 bridgehead atoms. The van der Waals surface area contributed by atoms with Crippen LogP contribution in [-0.4, -0.2) is 53.0 Å². The monoisotopic (exact) mass is 390 g/mol. The summed E-state index contributed by atoms with van der Waals surface area (Å²) >= 11 is 6.16. The Morgan fingerprint density at radius 2 is 2.04 bits per heavy atom. The van der Waals surface area contributed by atoms with Crippen LogP contribution in [0.15, 0.2) is 24.5 Å². The molecule has 0 unspecified atom stereocenters. The predicted molar refractivity (Wildman–Crippen MR) is 107 cm³/mol. The average molecular weight is 391 g/mol. The van der Waals surface area contributed by atoms with Crippen molar-refractivity contribution in [1.29, 1.82) is 0 Å². The molecule has 1 aliphatic heterocycles. The Hall–Kier alpha value is -2.45. The summed E-state index contributed by atoms with van der Waals surface area (Å²) < 4.78 is 0. The maximum absolute atomic E-state index is 11.8. The van der Waals surface area contributed by atoms with Gasteiger partial charge in [0, 0.05) is 23.8 Å². The molecule has 1 saturated heterocycles. The van der Waals surface area contributed by atoms with Gasteiger partial charge in [0.2, 0.25) is 11.6 Å². The SMILES string of the molecule is Cc1ccc(Nc2ncnc(N(C)C3CCN(C)CC3)c2[N+](=O)[O-])cc1Cl. The molecule has 3 rings (SSSR count). The fourth-order valence-electron chi connectivity index (χ4n) is 3.25. The van der Waals surface area contributed by atoms with Crippen molar-refractivity contribution >= 4 is 34.6 Å². The summed E-state index contributed by atoms with van der Waals surface area (Å²) in [5, 5.41) is 15.4. The summed E-state index contributed by atoms with van der Waals surface area (Å²) in [5.74, 6) is 0.481. The summed E-state index contributed by atoms with van der Waals surface area (Å²) in [5.41, 5.74) is 1.44. The molecular weight excluding hydrogens is 368 g/mol. The molecule has 0 spiro atoms. The van der Waals surface area contributed by atoms with Gasteiger partial charge in [0.15, 0.2) is 0 Å². The Bertz CT molecular complexity index is 839. The molecule has 2 heterocycles. The van der Waals surface area contributed by atoms with Gasteiger partial charge < -0.3 is 15.1 Å². The first-order valence-corrected chi connectivity index (χ1v) is 9.18. The van der Waals surface area contributed by atoms with Gasteiger partial charge in [0.1, 0.15) is 6.33 Å². The molecule has 1 aliphatic rings. The largest absolute Gasteiger partial charge is 0.353 e. The molecule has 27 heavy (non-hydrogen) atoms. The number of hydrogen-bond acceptors (Lipinski definition) is 7. The number of piperidine rings is 1. The van der Waals surface area contributed by atoms with E-state index >= 15 is 0 Å². The van der Waals surface area contributed by atoms with E-state index in [1.54, 1.807) is 6.07 Å². The fourth-order valence-corrected chi connectivity index (χ4v) is 3.43. The van der Waals surface area contributed by atoms with Crippen LogP contribution < -0.4 is 10.2 Å². The number of likely N-dealkylation sites (tertiary alicyclic amines) is 1. The van der Waals surface area contributed by atoms with Crippen LogP contribution in [0.25, 0.3) is 0 Å². The summed E-state index contributed by atoms with van der Waals surface area (Å²) in [6.07, 6.45) is 3.22. The van der Waals surface area contributed by atoms with E-state index in [1.165, 1.54) is 6.33 Å². The molecule has 2 aromatic rings. The van der Waals surface area contributed by atoms with Crippen LogP contribution in [-0.2, 0) is 0 Å². The minimum absolute atomic E-state index is 0.129. The number of halogens is 1. The van der Waals surface area contributed by atoms with E-state index in [-0.39, 0.29) is 17.5 Å². The van der Waals surface area contributed by atoms with Crippen LogP contribution in [0.2, 0.25) is 5.02 Å². The van der Waals surface area contributed by atoms with Crippen LogP contribution in [0.3, 0.4) is 0 Å². The van der Waals surface area contributed by atoms with Crippen LogP contribution in [0.4, 0.5) is 23.0 Å². The number of anilines is 3. The molecule has 1 aromatic carbocycles. The first-order valence-electron chi connectivity index (χ1n) is 8.80. The molecule has 0 aliphatic carbocycles. The van der Waals surface area contributed by atoms with Crippen molar-refractivity contribution in [3.63, 3.8) is 0 Å². The van der Waals surface area contributed by atoms with E-state index < -0.39 is 4.92 Å². The van der Waals surface area contributed by atoms with E-state index in [1.807, 2.05) is 31.0 Å². The highest BCUT2D eigenvalue weighted by Gasteiger charge is 2.30. The summed E-state index contributed by atoms with van der Waals surface area (Å²) in [6.45, 7) is 3.82. The molecule has 0 atom stereocenters. The van der Waals surface area contributed by atoms with E-state index in [4.69, 9.17) is 11.6 Å². The quantitative estimate of drug-likeness (QED) is 0.616. The highest BCUT2D eigenvalue weighted by atomic mass is 35.5. The van der Waals surface area contributed by atoms with Crippen molar-refractivity contribution in [2.24, 2.45) is 0 Å². The second kappa shape index (κ2) is 8.06. The third-order valence-electron chi connectivity index (χ3n) is 4.99. The highest BCUT2D eigenvalue weighted by Crippen LogP contribution is 2.35. The van der Waals surface area contributed by atoms with Gasteiger partial charge in [0.25, 0.3) is 0 Å². The molecule has 0 saturated carbocycles. The van der Waals surface area contributed by atoms with Gasteiger partial charge in [-0.1, -0.05) is 17.7 Å². The lowest BCUT2D eigenvalue weighted by Gasteiger charge is -2.35. The summed E-state index contributed by atoms with van der Waals surface area (Å²) in [4.78, 5) is 23.9. The Balaban J connectivity index is 1.92. The van der Waals surface area contributed by atoms with Crippen molar-refractivity contribution in [2.75, 3.05) is 37.4 Å². The van der Waals surface area contributed by atoms with Gasteiger partial charge in [-0.15, -0.1) is 0 Å². The minimum Gasteiger partial charge on any atom is -0.351 e. The number of nitro groups is 1. The average Bonchev–Trinajstić information content (AvgIpc) is 2.64. The molecule has 8 nitrogen and oxygen atoms in total. The molecule has 0 amide bonds. The number of nitrogens with one attached hydrogen (secondary N) is 1. The van der Waals surface area contributed by atoms with E-state index in [9.17, 15) is 10.1 Å². The number of aryl methyl sites for hydroxylation is 1. The minimum atomic E-state index is -0.432. The standard InChI is InChI=1S/C18H23ClN6O2/c1-12-4-5-13(10-15(12)19)22-17-16(25(26)27)18(21-11-20-17)24(3)14-6-8-23(2)9-7-14/h4-5,10-11,14H,6-9H2,1-3H3,(H,20,21,22). The maximum atomic E-state index is 11.8. The second-order valence-corrected chi connectivity index (χ2v) is 7.29. The lowest BCUT2D eigenvalue weighted by Crippen LogP contribution is -2.42. The third-order valence-corrected chi connectivity index (χ3v) is 5.40. The number of benzene rings is 1. The second-order valence-electron chi connectivity index (χ2n) is 6.89. The molecule has 1 fully saturated rings. The topological polar surface area (TPSA) is 87.4 Å². The van der Waals surface area contributed by atoms with Crippen LogP contribution in [0.1, 0.15) is 18.4 Å². The number of rotatable bonds is 5. The van der Waals surface area contributed by atoms with E-state index in [0.29, 0.717) is 16.5 Å². The third kappa shape index (κ3) is 4.28. The van der Waals surface area contributed by atoms with E-state index in [2.05, 4.69) is 27.2 Å². The van der Waals surface area contributed by atoms with Crippen molar-refractivity contribution < 1.29 is 4.92 Å². The molecule has 1 aromatic heterocycles. The van der Waals surface area contributed by atoms with E-state index in [0.717, 1.165) is 31.5 Å². The zero-order valence-corrected chi connectivity index (χ0v) is 16.4.